The quantitative estimate of drug-likeness (QED) is 0.900. The van der Waals surface area contributed by atoms with Crippen LogP contribution in [-0.2, 0) is 6.54 Å². The molecule has 0 bridgehead atoms. The number of hydrogen-bond acceptors (Lipinski definition) is 3. The summed E-state index contributed by atoms with van der Waals surface area (Å²) in [6, 6.07) is 8.62. The van der Waals surface area contributed by atoms with Gasteiger partial charge in [0.15, 0.2) is 0 Å². The maximum Gasteiger partial charge on any atom is 0.123 e. The van der Waals surface area contributed by atoms with Crippen LogP contribution in [0.5, 0.6) is 5.75 Å². The Morgan fingerprint density at radius 2 is 1.94 bits per heavy atom. The van der Waals surface area contributed by atoms with E-state index in [2.05, 4.69) is 17.0 Å². The molecule has 0 radical (unpaired) electrons. The maximum absolute atomic E-state index is 5.90. The number of halogens is 1. The number of ether oxygens (including phenoxy) is 1. The highest BCUT2D eigenvalue weighted by Gasteiger charge is 2.16. The molecule has 96 valence electrons. The molecule has 0 spiro atoms. The van der Waals surface area contributed by atoms with Crippen molar-refractivity contribution in [2.45, 2.75) is 25.4 Å². The summed E-state index contributed by atoms with van der Waals surface area (Å²) < 4.78 is 5.36. The van der Waals surface area contributed by atoms with E-state index in [1.165, 1.54) is 5.56 Å². The molecule has 1 aliphatic heterocycles. The van der Waals surface area contributed by atoms with Crippen molar-refractivity contribution in [1.82, 2.24) is 4.90 Å². The summed E-state index contributed by atoms with van der Waals surface area (Å²) >= 11 is 0. The normalized spacial score (nSPS) is 17.5. The lowest BCUT2D eigenvalue weighted by Crippen LogP contribution is -2.39. The third kappa shape index (κ3) is 3.87. The van der Waals surface area contributed by atoms with E-state index in [4.69, 9.17) is 10.5 Å². The average molecular weight is 257 g/mol. The van der Waals surface area contributed by atoms with E-state index in [0.29, 0.717) is 6.04 Å². The van der Waals surface area contributed by atoms with Gasteiger partial charge in [-0.2, -0.15) is 0 Å². The molecule has 4 heteroatoms. The molecule has 17 heavy (non-hydrogen) atoms. The van der Waals surface area contributed by atoms with Crippen LogP contribution in [0.1, 0.15) is 18.4 Å². The van der Waals surface area contributed by atoms with Crippen molar-refractivity contribution in [3.63, 3.8) is 0 Å². The number of likely N-dealkylation sites (tertiary alicyclic amines) is 1. The highest BCUT2D eigenvalue weighted by molar-refractivity contribution is 5.85. The van der Waals surface area contributed by atoms with Crippen LogP contribution in [0.15, 0.2) is 24.3 Å². The molecule has 1 fully saturated rings. The summed E-state index contributed by atoms with van der Waals surface area (Å²) in [5, 5.41) is 0. The van der Waals surface area contributed by atoms with Crippen LogP contribution in [0, 0.1) is 0 Å². The van der Waals surface area contributed by atoms with Crippen molar-refractivity contribution < 1.29 is 4.74 Å². The minimum Gasteiger partial charge on any atom is -0.496 e. The van der Waals surface area contributed by atoms with Crippen LogP contribution in [0.4, 0.5) is 0 Å². The molecule has 1 aromatic rings. The second-order valence-corrected chi connectivity index (χ2v) is 4.43. The molecule has 1 heterocycles. The summed E-state index contributed by atoms with van der Waals surface area (Å²) in [5.41, 5.74) is 7.16. The molecule has 2 rings (SSSR count). The van der Waals surface area contributed by atoms with Gasteiger partial charge in [0.05, 0.1) is 7.11 Å². The monoisotopic (exact) mass is 256 g/mol. The first-order valence-corrected chi connectivity index (χ1v) is 5.89. The van der Waals surface area contributed by atoms with Gasteiger partial charge >= 0.3 is 0 Å². The molecule has 1 saturated heterocycles. The number of piperidine rings is 1. The summed E-state index contributed by atoms with van der Waals surface area (Å²) in [4.78, 5) is 2.45. The fourth-order valence-corrected chi connectivity index (χ4v) is 2.19. The third-order valence-corrected chi connectivity index (χ3v) is 3.22. The van der Waals surface area contributed by atoms with Crippen molar-refractivity contribution in [3.05, 3.63) is 29.8 Å². The van der Waals surface area contributed by atoms with E-state index in [1.807, 2.05) is 12.1 Å². The van der Waals surface area contributed by atoms with E-state index in [9.17, 15) is 0 Å². The van der Waals surface area contributed by atoms with E-state index < -0.39 is 0 Å². The van der Waals surface area contributed by atoms with Crippen LogP contribution in [-0.4, -0.2) is 31.1 Å². The number of rotatable bonds is 3. The lowest BCUT2D eigenvalue weighted by Gasteiger charge is -2.30. The Morgan fingerprint density at radius 3 is 2.59 bits per heavy atom. The highest BCUT2D eigenvalue weighted by atomic mass is 35.5. The second kappa shape index (κ2) is 6.84. The largest absolute Gasteiger partial charge is 0.496 e. The first kappa shape index (κ1) is 14.3. The molecule has 3 nitrogen and oxygen atoms in total. The van der Waals surface area contributed by atoms with Gasteiger partial charge in [-0.3, -0.25) is 4.90 Å². The van der Waals surface area contributed by atoms with Crippen LogP contribution < -0.4 is 10.5 Å². The Balaban J connectivity index is 0.00000144. The molecule has 0 atom stereocenters. The number of para-hydroxylation sites is 1. The van der Waals surface area contributed by atoms with Crippen molar-refractivity contribution in [3.8, 4) is 5.75 Å². The van der Waals surface area contributed by atoms with Gasteiger partial charge in [-0.1, -0.05) is 18.2 Å². The molecule has 0 aromatic heterocycles. The number of methoxy groups -OCH3 is 1. The smallest absolute Gasteiger partial charge is 0.123 e. The van der Waals surface area contributed by atoms with Gasteiger partial charge in [-0.05, 0) is 32.0 Å². The fraction of sp³-hybridized carbons (Fsp3) is 0.538. The van der Waals surface area contributed by atoms with E-state index in [1.54, 1.807) is 7.11 Å². The SMILES string of the molecule is COc1ccccc1CN1CCC(N)CC1.Cl. The molecular formula is C13H21ClN2O. The van der Waals surface area contributed by atoms with Crippen molar-refractivity contribution in [1.29, 1.82) is 0 Å². The molecule has 0 aliphatic carbocycles. The summed E-state index contributed by atoms with van der Waals surface area (Å²) in [5.74, 6) is 0.984. The first-order valence-electron chi connectivity index (χ1n) is 5.89. The number of nitrogens with zero attached hydrogens (tertiary/aromatic N) is 1. The Labute approximate surface area is 109 Å². The number of nitrogens with two attached hydrogens (primary N) is 1. The standard InChI is InChI=1S/C13H20N2O.ClH/c1-16-13-5-3-2-4-11(13)10-15-8-6-12(14)7-9-15;/h2-5,12H,6-10,14H2,1H3;1H. The van der Waals surface area contributed by atoms with Gasteiger partial charge in [-0.25, -0.2) is 0 Å². The second-order valence-electron chi connectivity index (χ2n) is 4.43. The van der Waals surface area contributed by atoms with Gasteiger partial charge in [0.1, 0.15) is 5.75 Å². The van der Waals surface area contributed by atoms with Crippen molar-refractivity contribution in [2.75, 3.05) is 20.2 Å². The van der Waals surface area contributed by atoms with Gasteiger partial charge < -0.3 is 10.5 Å². The Kier molecular flexibility index (Phi) is 5.75. The van der Waals surface area contributed by atoms with Crippen LogP contribution >= 0.6 is 12.4 Å². The third-order valence-electron chi connectivity index (χ3n) is 3.22. The van der Waals surface area contributed by atoms with Crippen LogP contribution in [0.3, 0.4) is 0 Å². The van der Waals surface area contributed by atoms with Gasteiger partial charge in [0.2, 0.25) is 0 Å². The van der Waals surface area contributed by atoms with E-state index in [-0.39, 0.29) is 12.4 Å². The van der Waals surface area contributed by atoms with Gasteiger partial charge in [-0.15, -0.1) is 12.4 Å². The Hall–Kier alpha value is -0.770. The van der Waals surface area contributed by atoms with E-state index in [0.717, 1.165) is 38.2 Å². The Morgan fingerprint density at radius 1 is 1.29 bits per heavy atom. The number of benzene rings is 1. The molecular weight excluding hydrogens is 236 g/mol. The van der Waals surface area contributed by atoms with Crippen LogP contribution in [0.2, 0.25) is 0 Å². The van der Waals surface area contributed by atoms with E-state index >= 15 is 0 Å². The topological polar surface area (TPSA) is 38.5 Å². The number of hydrogen-bond donors (Lipinski definition) is 1. The average Bonchev–Trinajstić information content (AvgIpc) is 2.33. The summed E-state index contributed by atoms with van der Waals surface area (Å²) in [6.45, 7) is 3.16. The van der Waals surface area contributed by atoms with Crippen molar-refractivity contribution in [2.24, 2.45) is 5.73 Å². The predicted octanol–water partition coefficient (Wildman–Crippen LogP) is 2.04. The molecule has 0 amide bonds. The predicted molar refractivity (Wildman–Crippen MR) is 72.7 cm³/mol. The Bertz CT molecular complexity index is 338. The lowest BCUT2D eigenvalue weighted by molar-refractivity contribution is 0.203. The van der Waals surface area contributed by atoms with Crippen molar-refractivity contribution >= 4 is 12.4 Å². The van der Waals surface area contributed by atoms with Gasteiger partial charge in [0.25, 0.3) is 0 Å². The zero-order valence-corrected chi connectivity index (χ0v) is 11.1. The zero-order valence-electron chi connectivity index (χ0n) is 10.3. The zero-order chi connectivity index (χ0) is 11.4. The lowest BCUT2D eigenvalue weighted by atomic mass is 10.1. The molecule has 1 aliphatic rings. The summed E-state index contributed by atoms with van der Waals surface area (Å²) in [7, 11) is 1.73. The minimum absolute atomic E-state index is 0. The van der Waals surface area contributed by atoms with Gasteiger partial charge in [0, 0.05) is 18.2 Å². The molecule has 0 saturated carbocycles. The van der Waals surface area contributed by atoms with Crippen LogP contribution in [0.25, 0.3) is 0 Å². The minimum atomic E-state index is 0. The summed E-state index contributed by atoms with van der Waals surface area (Å²) in [6.07, 6.45) is 2.21. The highest BCUT2D eigenvalue weighted by Crippen LogP contribution is 2.20. The molecule has 1 aromatic carbocycles. The molecule has 0 unspecified atom stereocenters. The maximum atomic E-state index is 5.90. The fourth-order valence-electron chi connectivity index (χ4n) is 2.19. The molecule has 2 N–H and O–H groups in total. The first-order chi connectivity index (χ1) is 7.79.